The number of hydrogen-bond donors (Lipinski definition) is 5. The summed E-state index contributed by atoms with van der Waals surface area (Å²) in [7, 11) is 0. The van der Waals surface area contributed by atoms with E-state index in [1.165, 1.54) is 0 Å². The van der Waals surface area contributed by atoms with Gasteiger partial charge >= 0.3 is 29.8 Å². The lowest BCUT2D eigenvalue weighted by Gasteiger charge is -2.28. The molecule has 2 atom stereocenters. The van der Waals surface area contributed by atoms with E-state index in [0.29, 0.717) is 0 Å². The van der Waals surface area contributed by atoms with E-state index in [1.54, 1.807) is 0 Å². The normalized spacial score (nSPS) is 13.1. The lowest BCUT2D eigenvalue weighted by atomic mass is 10.1. The van der Waals surface area contributed by atoms with Crippen LogP contribution >= 0.6 is 0 Å². The molecule has 0 aromatic heterocycles. The van der Waals surface area contributed by atoms with Gasteiger partial charge in [-0.15, -0.1) is 0 Å². The maximum Gasteiger partial charge on any atom is 0.333 e. The zero-order valence-corrected chi connectivity index (χ0v) is 14.1. The van der Waals surface area contributed by atoms with Gasteiger partial charge in [0.05, 0.1) is 26.1 Å². The van der Waals surface area contributed by atoms with Crippen molar-refractivity contribution in [2.45, 2.75) is 25.0 Å². The van der Waals surface area contributed by atoms with Crippen molar-refractivity contribution >= 4 is 29.8 Å². The van der Waals surface area contributed by atoms with Gasteiger partial charge in [-0.3, -0.25) is 19.3 Å². The summed E-state index contributed by atoms with van der Waals surface area (Å²) < 4.78 is 9.71. The molecule has 0 heterocycles. The Morgan fingerprint density at radius 2 is 1.30 bits per heavy atom. The summed E-state index contributed by atoms with van der Waals surface area (Å²) in [5.41, 5.74) is 0. The molecule has 13 heteroatoms. The van der Waals surface area contributed by atoms with Gasteiger partial charge in [0, 0.05) is 13.1 Å². The summed E-state index contributed by atoms with van der Waals surface area (Å²) in [5, 5.41) is 44.0. The van der Waals surface area contributed by atoms with E-state index < -0.39 is 68.0 Å². The van der Waals surface area contributed by atoms with Crippen LogP contribution in [0.2, 0.25) is 0 Å². The number of ether oxygens (including phenoxy) is 2. The maximum absolute atomic E-state index is 11.3. The maximum atomic E-state index is 11.3. The molecule has 5 N–H and O–H groups in total. The molecule has 0 radical (unpaired) electrons. The standard InChI is InChI=1S/C14H21NO12/c16-10(17)5-8(13(22)23)15(1-3-26-7-12(20)21)2-4-27-9(14(24)25)6-11(18)19/h8-9H,1-7H2,(H,16,17)(H,18,19)(H,20,21)(H,22,23)(H,24,25)/t8-,9?/m0/s1. The molecule has 0 bridgehead atoms. The third-order valence-corrected chi connectivity index (χ3v) is 3.18. The highest BCUT2D eigenvalue weighted by Gasteiger charge is 2.29. The highest BCUT2D eigenvalue weighted by Crippen LogP contribution is 2.07. The first-order valence-electron chi connectivity index (χ1n) is 7.59. The Morgan fingerprint density at radius 3 is 1.74 bits per heavy atom. The molecular formula is C14H21NO12. The SMILES string of the molecule is O=C(O)COCCN(CCOC(CC(=O)O)C(=O)O)[C@@H](CC(=O)O)C(=O)O. The Bertz CT molecular complexity index is 548. The predicted molar refractivity (Wildman–Crippen MR) is 83.3 cm³/mol. The fraction of sp³-hybridized carbons (Fsp3) is 0.643. The van der Waals surface area contributed by atoms with E-state index in [1.807, 2.05) is 0 Å². The van der Waals surface area contributed by atoms with E-state index in [9.17, 15) is 29.1 Å². The zero-order valence-electron chi connectivity index (χ0n) is 14.1. The molecule has 0 aromatic rings. The van der Waals surface area contributed by atoms with Gasteiger partial charge in [0.25, 0.3) is 0 Å². The van der Waals surface area contributed by atoms with E-state index in [0.717, 1.165) is 4.90 Å². The fourth-order valence-electron chi connectivity index (χ4n) is 1.99. The molecule has 0 aliphatic carbocycles. The lowest BCUT2D eigenvalue weighted by molar-refractivity contribution is -0.158. The largest absolute Gasteiger partial charge is 0.481 e. The molecule has 0 saturated heterocycles. The molecule has 0 amide bonds. The number of aliphatic carboxylic acids is 5. The molecule has 0 aliphatic rings. The van der Waals surface area contributed by atoms with Crippen LogP contribution in [0.25, 0.3) is 0 Å². The third-order valence-electron chi connectivity index (χ3n) is 3.18. The van der Waals surface area contributed by atoms with Crippen molar-refractivity contribution in [2.24, 2.45) is 0 Å². The smallest absolute Gasteiger partial charge is 0.333 e. The highest BCUT2D eigenvalue weighted by atomic mass is 16.5. The van der Waals surface area contributed by atoms with Crippen molar-refractivity contribution in [3.8, 4) is 0 Å². The van der Waals surface area contributed by atoms with Crippen molar-refractivity contribution in [1.29, 1.82) is 0 Å². The number of nitrogens with zero attached hydrogens (tertiary/aromatic N) is 1. The summed E-state index contributed by atoms with van der Waals surface area (Å²) in [6.07, 6.45) is -3.24. The second-order valence-corrected chi connectivity index (χ2v) is 5.23. The van der Waals surface area contributed by atoms with Gasteiger partial charge in [0.2, 0.25) is 0 Å². The van der Waals surface area contributed by atoms with Crippen LogP contribution in [0, 0.1) is 0 Å². The molecule has 0 saturated carbocycles. The third kappa shape index (κ3) is 11.5. The van der Waals surface area contributed by atoms with Gasteiger partial charge in [-0.05, 0) is 0 Å². The van der Waals surface area contributed by atoms with Crippen LogP contribution in [0.5, 0.6) is 0 Å². The van der Waals surface area contributed by atoms with Gasteiger partial charge in [0.15, 0.2) is 6.10 Å². The lowest BCUT2D eigenvalue weighted by Crippen LogP contribution is -2.46. The molecule has 0 spiro atoms. The van der Waals surface area contributed by atoms with Gasteiger partial charge in [-0.25, -0.2) is 9.59 Å². The van der Waals surface area contributed by atoms with Crippen molar-refractivity contribution < 1.29 is 59.0 Å². The number of rotatable bonds is 16. The van der Waals surface area contributed by atoms with E-state index in [4.69, 9.17) is 29.9 Å². The molecule has 1 unspecified atom stereocenters. The molecule has 0 aromatic carbocycles. The van der Waals surface area contributed by atoms with Crippen LogP contribution in [0.1, 0.15) is 12.8 Å². The van der Waals surface area contributed by atoms with Crippen molar-refractivity contribution in [3.63, 3.8) is 0 Å². The Morgan fingerprint density at radius 1 is 0.741 bits per heavy atom. The minimum atomic E-state index is -1.66. The topological polar surface area (TPSA) is 208 Å². The summed E-state index contributed by atoms with van der Waals surface area (Å²) in [6, 6.07) is -1.50. The molecular weight excluding hydrogens is 374 g/mol. The molecule has 0 rings (SSSR count). The van der Waals surface area contributed by atoms with Crippen LogP contribution in [-0.2, 0) is 33.4 Å². The quantitative estimate of drug-likeness (QED) is 0.184. The second-order valence-electron chi connectivity index (χ2n) is 5.23. The summed E-state index contributed by atoms with van der Waals surface area (Å²) in [6.45, 7) is -1.68. The summed E-state index contributed by atoms with van der Waals surface area (Å²) in [5.74, 6) is -7.03. The van der Waals surface area contributed by atoms with Crippen molar-refractivity contribution in [3.05, 3.63) is 0 Å². The molecule has 154 valence electrons. The zero-order chi connectivity index (χ0) is 21.0. The first-order valence-corrected chi connectivity index (χ1v) is 7.59. The van der Waals surface area contributed by atoms with E-state index >= 15 is 0 Å². The number of hydrogen-bond acceptors (Lipinski definition) is 8. The average Bonchev–Trinajstić information content (AvgIpc) is 2.52. The van der Waals surface area contributed by atoms with Crippen LogP contribution < -0.4 is 0 Å². The molecule has 0 fully saturated rings. The second kappa shape index (κ2) is 12.6. The van der Waals surface area contributed by atoms with Gasteiger partial charge < -0.3 is 35.0 Å². The van der Waals surface area contributed by atoms with Crippen LogP contribution in [-0.4, -0.2) is 105 Å². The van der Waals surface area contributed by atoms with Gasteiger partial charge in [0.1, 0.15) is 12.6 Å². The summed E-state index contributed by atoms with van der Waals surface area (Å²) >= 11 is 0. The number of carboxylic acids is 5. The summed E-state index contributed by atoms with van der Waals surface area (Å²) in [4.78, 5) is 55.2. The fourth-order valence-corrected chi connectivity index (χ4v) is 1.99. The first kappa shape index (κ1) is 24.2. The van der Waals surface area contributed by atoms with Crippen molar-refractivity contribution in [1.82, 2.24) is 4.90 Å². The number of carboxylic acid groups (broad SMARTS) is 5. The number of carbonyl (C=O) groups is 5. The van der Waals surface area contributed by atoms with Gasteiger partial charge in [-0.1, -0.05) is 0 Å². The molecule has 0 aliphatic heterocycles. The van der Waals surface area contributed by atoms with E-state index in [2.05, 4.69) is 0 Å². The average molecular weight is 395 g/mol. The minimum absolute atomic E-state index is 0.169. The van der Waals surface area contributed by atoms with E-state index in [-0.39, 0.29) is 19.7 Å². The van der Waals surface area contributed by atoms with Crippen LogP contribution in [0.3, 0.4) is 0 Å². The first-order chi connectivity index (χ1) is 12.5. The highest BCUT2D eigenvalue weighted by molar-refractivity contribution is 5.80. The Kier molecular flexibility index (Phi) is 11.3. The Balaban J connectivity index is 4.91. The predicted octanol–water partition coefficient (Wildman–Crippen LogP) is -1.74. The Hall–Kier alpha value is -2.77. The van der Waals surface area contributed by atoms with Crippen LogP contribution in [0.15, 0.2) is 0 Å². The van der Waals surface area contributed by atoms with Gasteiger partial charge in [-0.2, -0.15) is 0 Å². The monoisotopic (exact) mass is 395 g/mol. The Labute approximate surface area is 152 Å². The van der Waals surface area contributed by atoms with Crippen LogP contribution in [0.4, 0.5) is 0 Å². The molecule has 27 heavy (non-hydrogen) atoms. The van der Waals surface area contributed by atoms with Crippen molar-refractivity contribution in [2.75, 3.05) is 32.9 Å². The minimum Gasteiger partial charge on any atom is -0.481 e. The molecule has 13 nitrogen and oxygen atoms in total.